The van der Waals surface area contributed by atoms with Crippen molar-refractivity contribution in [2.75, 3.05) is 24.2 Å². The van der Waals surface area contributed by atoms with Gasteiger partial charge in [0, 0.05) is 12.6 Å². The first-order valence-electron chi connectivity index (χ1n) is 12.2. The highest BCUT2D eigenvalue weighted by Crippen LogP contribution is 2.23. The Hall–Kier alpha value is -3.07. The normalized spacial score (nSPS) is 13.0. The van der Waals surface area contributed by atoms with Gasteiger partial charge in [0.15, 0.2) is 0 Å². The number of nitrogens with zero attached hydrogens (tertiary/aromatic N) is 2. The first-order chi connectivity index (χ1) is 16.9. The summed E-state index contributed by atoms with van der Waals surface area (Å²) in [7, 11) is -2.21. The van der Waals surface area contributed by atoms with Gasteiger partial charge in [0.25, 0.3) is 0 Å². The Morgan fingerprint density at radius 3 is 2.19 bits per heavy atom. The molecule has 2 rings (SSSR count). The van der Waals surface area contributed by atoms with Gasteiger partial charge in [-0.1, -0.05) is 32.0 Å². The molecule has 2 aromatic carbocycles. The molecule has 0 bridgehead atoms. The van der Waals surface area contributed by atoms with Gasteiger partial charge in [0.05, 0.1) is 19.1 Å². The highest BCUT2D eigenvalue weighted by molar-refractivity contribution is 7.92. The number of hydrogen-bond acceptors (Lipinski definition) is 5. The van der Waals surface area contributed by atoms with Crippen LogP contribution < -0.4 is 14.4 Å². The van der Waals surface area contributed by atoms with Crippen molar-refractivity contribution in [1.29, 1.82) is 0 Å². The molecule has 0 saturated carbocycles. The number of rotatable bonds is 12. The average molecular weight is 518 g/mol. The second kappa shape index (κ2) is 12.8. The zero-order chi connectivity index (χ0) is 27.0. The van der Waals surface area contributed by atoms with E-state index >= 15 is 0 Å². The Kier molecular flexibility index (Phi) is 10.3. The van der Waals surface area contributed by atoms with E-state index in [1.807, 2.05) is 52.8 Å². The fraction of sp³-hybridized carbons (Fsp3) is 0.481. The number of sulfonamides is 1. The lowest BCUT2D eigenvalue weighted by atomic mass is 10.1. The molecule has 0 aliphatic heterocycles. The summed E-state index contributed by atoms with van der Waals surface area (Å²) in [6.07, 6.45) is 2.21. The zero-order valence-electron chi connectivity index (χ0n) is 22.4. The highest BCUT2D eigenvalue weighted by atomic mass is 32.2. The molecule has 0 unspecified atom stereocenters. The number of benzene rings is 2. The molecule has 0 heterocycles. The van der Waals surface area contributed by atoms with Gasteiger partial charge >= 0.3 is 0 Å². The van der Waals surface area contributed by atoms with Crippen molar-refractivity contribution in [3.63, 3.8) is 0 Å². The third kappa shape index (κ3) is 7.98. The van der Waals surface area contributed by atoms with E-state index in [0.29, 0.717) is 17.9 Å². The van der Waals surface area contributed by atoms with Crippen LogP contribution in [0.4, 0.5) is 5.69 Å². The first-order valence-corrected chi connectivity index (χ1v) is 14.0. The van der Waals surface area contributed by atoms with E-state index in [1.165, 1.54) is 4.90 Å². The number of anilines is 1. The van der Waals surface area contributed by atoms with Gasteiger partial charge in [-0.05, 0) is 74.6 Å². The van der Waals surface area contributed by atoms with Crippen LogP contribution in [0.3, 0.4) is 0 Å². The molecule has 2 atom stereocenters. The fourth-order valence-electron chi connectivity index (χ4n) is 4.04. The second-order valence-electron chi connectivity index (χ2n) is 9.23. The standard InChI is InChI=1S/C27H39N3O5S/c1-8-21(5)28-27(32)25(9-2)29(17-22-11-10-12-24(16-22)35-6)26(31)18-30(36(7,33)34)23-14-19(3)13-20(4)15-23/h10-16,21,25H,8-9,17-18H2,1-7H3,(H,28,32)/t21-,25-/m1/s1. The number of nitrogens with one attached hydrogen (secondary N) is 1. The van der Waals surface area contributed by atoms with Crippen molar-refractivity contribution >= 4 is 27.5 Å². The molecular formula is C27H39N3O5S. The van der Waals surface area contributed by atoms with E-state index in [1.54, 1.807) is 31.4 Å². The van der Waals surface area contributed by atoms with Crippen LogP contribution in [0, 0.1) is 13.8 Å². The number of hydrogen-bond donors (Lipinski definition) is 1. The lowest BCUT2D eigenvalue weighted by molar-refractivity contribution is -0.140. The smallest absolute Gasteiger partial charge is 0.244 e. The number of aryl methyl sites for hydroxylation is 2. The predicted octanol–water partition coefficient (Wildman–Crippen LogP) is 3.80. The molecule has 0 aliphatic carbocycles. The third-order valence-corrected chi connectivity index (χ3v) is 7.19. The van der Waals surface area contributed by atoms with Crippen molar-refractivity contribution in [2.24, 2.45) is 0 Å². The van der Waals surface area contributed by atoms with E-state index in [2.05, 4.69) is 5.32 Å². The molecule has 0 spiro atoms. The van der Waals surface area contributed by atoms with Gasteiger partial charge in [0.2, 0.25) is 21.8 Å². The minimum absolute atomic E-state index is 0.0527. The van der Waals surface area contributed by atoms with Crippen LogP contribution >= 0.6 is 0 Å². The minimum atomic E-state index is -3.77. The highest BCUT2D eigenvalue weighted by Gasteiger charge is 2.32. The van der Waals surface area contributed by atoms with Crippen molar-refractivity contribution in [2.45, 2.75) is 66.1 Å². The summed E-state index contributed by atoms with van der Waals surface area (Å²) >= 11 is 0. The Morgan fingerprint density at radius 1 is 1.03 bits per heavy atom. The van der Waals surface area contributed by atoms with Gasteiger partial charge in [-0.25, -0.2) is 8.42 Å². The average Bonchev–Trinajstić information content (AvgIpc) is 2.80. The van der Waals surface area contributed by atoms with Crippen LogP contribution in [0.1, 0.15) is 50.3 Å². The molecule has 0 radical (unpaired) electrons. The Balaban J connectivity index is 2.49. The summed E-state index contributed by atoms with van der Waals surface area (Å²) in [6.45, 7) is 9.18. The first kappa shape index (κ1) is 29.2. The van der Waals surface area contributed by atoms with Crippen LogP contribution in [-0.2, 0) is 26.2 Å². The maximum atomic E-state index is 13.8. The third-order valence-electron chi connectivity index (χ3n) is 6.05. The van der Waals surface area contributed by atoms with E-state index < -0.39 is 28.5 Å². The lowest BCUT2D eigenvalue weighted by Gasteiger charge is -2.33. The molecule has 198 valence electrons. The zero-order valence-corrected chi connectivity index (χ0v) is 23.2. The molecule has 0 aromatic heterocycles. The number of methoxy groups -OCH3 is 1. The van der Waals surface area contributed by atoms with Gasteiger partial charge in [0.1, 0.15) is 18.3 Å². The van der Waals surface area contributed by atoms with Crippen LogP contribution in [-0.4, -0.2) is 57.1 Å². The van der Waals surface area contributed by atoms with Crippen LogP contribution in [0.5, 0.6) is 5.75 Å². The second-order valence-corrected chi connectivity index (χ2v) is 11.1. The Labute approximate surface area is 215 Å². The van der Waals surface area contributed by atoms with Crippen molar-refractivity contribution in [3.8, 4) is 5.75 Å². The van der Waals surface area contributed by atoms with Crippen LogP contribution in [0.25, 0.3) is 0 Å². The molecule has 2 amide bonds. The quantitative estimate of drug-likeness (QED) is 0.462. The summed E-state index contributed by atoms with van der Waals surface area (Å²) in [5.74, 6) is -0.0982. The van der Waals surface area contributed by atoms with E-state index in [4.69, 9.17) is 4.74 Å². The summed E-state index contributed by atoms with van der Waals surface area (Å²) in [6, 6.07) is 11.9. The molecular weight excluding hydrogens is 478 g/mol. The molecule has 0 saturated heterocycles. The van der Waals surface area contributed by atoms with E-state index in [9.17, 15) is 18.0 Å². The van der Waals surface area contributed by atoms with Crippen LogP contribution in [0.15, 0.2) is 42.5 Å². The molecule has 8 nitrogen and oxygen atoms in total. The summed E-state index contributed by atoms with van der Waals surface area (Å²) in [5, 5.41) is 2.97. The van der Waals surface area contributed by atoms with Crippen LogP contribution in [0.2, 0.25) is 0 Å². The lowest BCUT2D eigenvalue weighted by Crippen LogP contribution is -2.53. The monoisotopic (exact) mass is 517 g/mol. The molecule has 0 aliphatic rings. The molecule has 0 fully saturated rings. The summed E-state index contributed by atoms with van der Waals surface area (Å²) in [5.41, 5.74) is 2.97. The largest absolute Gasteiger partial charge is 0.497 e. The molecule has 1 N–H and O–H groups in total. The number of amides is 2. The van der Waals surface area contributed by atoms with Crippen molar-refractivity contribution in [3.05, 3.63) is 59.2 Å². The van der Waals surface area contributed by atoms with Gasteiger partial charge < -0.3 is 15.0 Å². The predicted molar refractivity (Wildman–Crippen MR) is 144 cm³/mol. The van der Waals surface area contributed by atoms with E-state index in [-0.39, 0.29) is 18.5 Å². The molecule has 9 heteroatoms. The SMILES string of the molecule is CC[C@@H](C)NC(=O)[C@@H](CC)N(Cc1cccc(OC)c1)C(=O)CN(c1cc(C)cc(C)c1)S(C)(=O)=O. The summed E-state index contributed by atoms with van der Waals surface area (Å²) < 4.78 is 32.0. The fourth-order valence-corrected chi connectivity index (χ4v) is 4.87. The number of carbonyl (C=O) groups is 2. The minimum Gasteiger partial charge on any atom is -0.497 e. The summed E-state index contributed by atoms with van der Waals surface area (Å²) in [4.78, 5) is 28.4. The topological polar surface area (TPSA) is 96.0 Å². The van der Waals surface area contributed by atoms with Crippen molar-refractivity contribution in [1.82, 2.24) is 10.2 Å². The maximum absolute atomic E-state index is 13.8. The molecule has 36 heavy (non-hydrogen) atoms. The van der Waals surface area contributed by atoms with Gasteiger partial charge in [-0.3, -0.25) is 13.9 Å². The van der Waals surface area contributed by atoms with Gasteiger partial charge in [-0.2, -0.15) is 0 Å². The number of ether oxygens (including phenoxy) is 1. The van der Waals surface area contributed by atoms with Gasteiger partial charge in [-0.15, -0.1) is 0 Å². The maximum Gasteiger partial charge on any atom is 0.244 e. The van der Waals surface area contributed by atoms with Crippen molar-refractivity contribution < 1.29 is 22.7 Å². The molecule has 2 aromatic rings. The number of carbonyl (C=O) groups excluding carboxylic acids is 2. The van der Waals surface area contributed by atoms with E-state index in [0.717, 1.165) is 33.7 Å². The Morgan fingerprint density at radius 2 is 1.67 bits per heavy atom. The Bertz CT molecular complexity index is 1150.